The Hall–Kier alpha value is -1.10. The molecule has 1 aliphatic heterocycles. The Kier molecular flexibility index (Phi) is 5.63. The summed E-state index contributed by atoms with van der Waals surface area (Å²) in [4.78, 5) is 25.5. The quantitative estimate of drug-likeness (QED) is 0.716. The van der Waals surface area contributed by atoms with Gasteiger partial charge in [0.1, 0.15) is 0 Å². The van der Waals surface area contributed by atoms with Crippen molar-refractivity contribution in [3.63, 3.8) is 0 Å². The normalized spacial score (nSPS) is 21.8. The molecule has 108 valence electrons. The Morgan fingerprint density at radius 3 is 2.63 bits per heavy atom. The third-order valence-electron chi connectivity index (χ3n) is 4.10. The molecule has 0 spiro atoms. The molecule has 2 amide bonds. The van der Waals surface area contributed by atoms with E-state index in [0.717, 1.165) is 19.5 Å². The lowest BCUT2D eigenvalue weighted by molar-refractivity contribution is -0.145. The van der Waals surface area contributed by atoms with E-state index in [9.17, 15) is 9.59 Å². The van der Waals surface area contributed by atoms with E-state index in [-0.39, 0.29) is 5.91 Å². The summed E-state index contributed by atoms with van der Waals surface area (Å²) in [5.41, 5.74) is 0. The first-order chi connectivity index (χ1) is 9.27. The van der Waals surface area contributed by atoms with Gasteiger partial charge in [-0.25, -0.2) is 0 Å². The van der Waals surface area contributed by atoms with E-state index in [4.69, 9.17) is 0 Å². The molecule has 1 saturated heterocycles. The Morgan fingerprint density at radius 2 is 1.84 bits per heavy atom. The smallest absolute Gasteiger partial charge is 0.311 e. The number of amides is 2. The van der Waals surface area contributed by atoms with Gasteiger partial charge in [-0.1, -0.05) is 19.3 Å². The molecular formula is C14H25N3O2. The predicted octanol–water partition coefficient (Wildman–Crippen LogP) is 0.505. The van der Waals surface area contributed by atoms with Gasteiger partial charge in [0.2, 0.25) is 0 Å². The summed E-state index contributed by atoms with van der Waals surface area (Å²) in [6.45, 7) is 3.68. The fourth-order valence-corrected chi connectivity index (χ4v) is 2.90. The Balaban J connectivity index is 1.73. The summed E-state index contributed by atoms with van der Waals surface area (Å²) in [5.74, 6) is -0.219. The van der Waals surface area contributed by atoms with E-state index in [1.165, 1.54) is 32.1 Å². The molecule has 1 heterocycles. The number of rotatable bonds is 2. The van der Waals surface area contributed by atoms with Gasteiger partial charge >= 0.3 is 11.8 Å². The van der Waals surface area contributed by atoms with Gasteiger partial charge in [0, 0.05) is 26.2 Å². The second-order valence-electron chi connectivity index (χ2n) is 5.61. The summed E-state index contributed by atoms with van der Waals surface area (Å²) in [7, 11) is 0. The van der Waals surface area contributed by atoms with Gasteiger partial charge in [0.05, 0.1) is 0 Å². The van der Waals surface area contributed by atoms with Crippen LogP contribution in [0.2, 0.25) is 0 Å². The fourth-order valence-electron chi connectivity index (χ4n) is 2.90. The number of nitrogens with one attached hydrogen (secondary N) is 2. The number of hydrogen-bond donors (Lipinski definition) is 2. The molecule has 0 atom stereocenters. The average molecular weight is 267 g/mol. The predicted molar refractivity (Wildman–Crippen MR) is 73.7 cm³/mol. The van der Waals surface area contributed by atoms with Gasteiger partial charge in [0.15, 0.2) is 0 Å². The maximum Gasteiger partial charge on any atom is 0.311 e. The number of hydrogen-bond acceptors (Lipinski definition) is 3. The van der Waals surface area contributed by atoms with Crippen molar-refractivity contribution in [1.29, 1.82) is 0 Å². The third kappa shape index (κ3) is 4.49. The van der Waals surface area contributed by atoms with E-state index in [0.29, 0.717) is 25.6 Å². The molecule has 0 radical (unpaired) electrons. The lowest BCUT2D eigenvalue weighted by Crippen LogP contribution is -2.45. The van der Waals surface area contributed by atoms with Crippen LogP contribution < -0.4 is 10.6 Å². The summed E-state index contributed by atoms with van der Waals surface area (Å²) < 4.78 is 0. The average Bonchev–Trinajstić information content (AvgIpc) is 2.74. The Bertz CT molecular complexity index is 306. The maximum atomic E-state index is 12.0. The van der Waals surface area contributed by atoms with Gasteiger partial charge < -0.3 is 15.5 Å². The minimum atomic E-state index is -0.424. The van der Waals surface area contributed by atoms with Crippen molar-refractivity contribution in [1.82, 2.24) is 15.5 Å². The highest BCUT2D eigenvalue weighted by Gasteiger charge is 2.23. The summed E-state index contributed by atoms with van der Waals surface area (Å²) in [6.07, 6.45) is 7.11. The zero-order chi connectivity index (χ0) is 13.5. The van der Waals surface area contributed by atoms with Crippen LogP contribution in [0.15, 0.2) is 0 Å². The topological polar surface area (TPSA) is 61.4 Å². The van der Waals surface area contributed by atoms with E-state index in [1.807, 2.05) is 0 Å². The second-order valence-corrected chi connectivity index (χ2v) is 5.61. The third-order valence-corrected chi connectivity index (χ3v) is 4.10. The van der Waals surface area contributed by atoms with Crippen molar-refractivity contribution < 1.29 is 9.59 Å². The van der Waals surface area contributed by atoms with Crippen LogP contribution in [0.25, 0.3) is 0 Å². The molecule has 0 aromatic rings. The van der Waals surface area contributed by atoms with E-state index < -0.39 is 5.91 Å². The second kappa shape index (κ2) is 7.48. The first-order valence-corrected chi connectivity index (χ1v) is 7.55. The highest BCUT2D eigenvalue weighted by Crippen LogP contribution is 2.22. The minimum Gasteiger partial charge on any atom is -0.348 e. The lowest BCUT2D eigenvalue weighted by Gasteiger charge is -2.23. The van der Waals surface area contributed by atoms with Gasteiger partial charge in [-0.05, 0) is 31.7 Å². The van der Waals surface area contributed by atoms with Crippen LogP contribution in [-0.4, -0.2) is 49.4 Å². The Morgan fingerprint density at radius 1 is 1.05 bits per heavy atom. The molecule has 2 rings (SSSR count). The molecule has 1 saturated carbocycles. The van der Waals surface area contributed by atoms with Crippen LogP contribution >= 0.6 is 0 Å². The van der Waals surface area contributed by atoms with Crippen molar-refractivity contribution in [3.05, 3.63) is 0 Å². The van der Waals surface area contributed by atoms with Crippen LogP contribution in [0, 0.1) is 5.92 Å². The molecule has 2 aliphatic rings. The zero-order valence-corrected chi connectivity index (χ0v) is 11.6. The Labute approximate surface area is 115 Å². The molecule has 2 N–H and O–H groups in total. The molecule has 1 aliphatic carbocycles. The number of nitrogens with zero attached hydrogens (tertiary/aromatic N) is 1. The van der Waals surface area contributed by atoms with E-state index >= 15 is 0 Å². The van der Waals surface area contributed by atoms with E-state index in [2.05, 4.69) is 10.6 Å². The fraction of sp³-hybridized carbons (Fsp3) is 0.857. The maximum absolute atomic E-state index is 12.0. The van der Waals surface area contributed by atoms with Crippen molar-refractivity contribution >= 4 is 11.8 Å². The van der Waals surface area contributed by atoms with Crippen molar-refractivity contribution in [2.24, 2.45) is 5.92 Å². The van der Waals surface area contributed by atoms with Crippen molar-refractivity contribution in [2.45, 2.75) is 38.5 Å². The SMILES string of the molecule is O=C(NCC1CCCCC1)C(=O)N1CCCNCC1. The summed E-state index contributed by atoms with van der Waals surface area (Å²) >= 11 is 0. The van der Waals surface area contributed by atoms with Gasteiger partial charge in [-0.3, -0.25) is 9.59 Å². The first kappa shape index (κ1) is 14.3. The van der Waals surface area contributed by atoms with Gasteiger partial charge in [-0.2, -0.15) is 0 Å². The van der Waals surface area contributed by atoms with Crippen LogP contribution in [0.4, 0.5) is 0 Å². The highest BCUT2D eigenvalue weighted by molar-refractivity contribution is 6.35. The molecule has 0 unspecified atom stereocenters. The van der Waals surface area contributed by atoms with E-state index in [1.54, 1.807) is 4.90 Å². The van der Waals surface area contributed by atoms with Crippen LogP contribution in [0.3, 0.4) is 0 Å². The molecule has 19 heavy (non-hydrogen) atoms. The van der Waals surface area contributed by atoms with Crippen LogP contribution in [0.5, 0.6) is 0 Å². The summed E-state index contributed by atoms with van der Waals surface area (Å²) in [6, 6.07) is 0. The molecule has 0 aromatic carbocycles. The van der Waals surface area contributed by atoms with Crippen molar-refractivity contribution in [2.75, 3.05) is 32.7 Å². The molecule has 5 nitrogen and oxygen atoms in total. The monoisotopic (exact) mass is 267 g/mol. The first-order valence-electron chi connectivity index (χ1n) is 7.55. The molecular weight excluding hydrogens is 242 g/mol. The molecule has 0 aromatic heterocycles. The van der Waals surface area contributed by atoms with Crippen LogP contribution in [-0.2, 0) is 9.59 Å². The highest BCUT2D eigenvalue weighted by atomic mass is 16.2. The molecule has 0 bridgehead atoms. The largest absolute Gasteiger partial charge is 0.348 e. The van der Waals surface area contributed by atoms with Gasteiger partial charge in [0.25, 0.3) is 0 Å². The number of carbonyl (C=O) groups is 2. The number of carbonyl (C=O) groups excluding carboxylic acids is 2. The molecule has 2 fully saturated rings. The minimum absolute atomic E-state index is 0.362. The van der Waals surface area contributed by atoms with Gasteiger partial charge in [-0.15, -0.1) is 0 Å². The lowest BCUT2D eigenvalue weighted by atomic mass is 9.89. The standard InChI is InChI=1S/C14H25N3O2/c18-13(16-11-12-5-2-1-3-6-12)14(19)17-9-4-7-15-8-10-17/h12,15H,1-11H2,(H,16,18). The summed E-state index contributed by atoms with van der Waals surface area (Å²) in [5, 5.41) is 6.05. The molecule has 5 heteroatoms. The zero-order valence-electron chi connectivity index (χ0n) is 11.6. The van der Waals surface area contributed by atoms with Crippen LogP contribution in [0.1, 0.15) is 38.5 Å². The van der Waals surface area contributed by atoms with Crippen molar-refractivity contribution in [3.8, 4) is 0 Å².